The minimum Gasteiger partial charge on any atom is -0.476 e. The molecule has 0 atom stereocenters. The smallest absolute Gasteiger partial charge is 0.239 e. The lowest BCUT2D eigenvalue weighted by molar-refractivity contribution is -0.338. The van der Waals surface area contributed by atoms with E-state index in [0.717, 1.165) is 31.9 Å². The summed E-state index contributed by atoms with van der Waals surface area (Å²) in [5.74, 6) is 0.594. The van der Waals surface area contributed by atoms with Gasteiger partial charge in [0, 0.05) is 14.1 Å². The van der Waals surface area contributed by atoms with Crippen molar-refractivity contribution in [3.63, 3.8) is 0 Å². The van der Waals surface area contributed by atoms with Gasteiger partial charge >= 0.3 is 0 Å². The number of nitrogens with two attached hydrogens (primary N) is 1. The molecule has 2 rings (SSSR count). The quantitative estimate of drug-likeness (QED) is 0.658. The molecular formula is C18H31ClN4O4S. The van der Waals surface area contributed by atoms with E-state index in [0.29, 0.717) is 12.5 Å². The first kappa shape index (κ1) is 23.3. The summed E-state index contributed by atoms with van der Waals surface area (Å²) in [6.45, 7) is 6.82. The minimum absolute atomic E-state index is 0.116. The molecule has 1 aromatic heterocycles. The first-order valence-electron chi connectivity index (χ1n) is 9.33. The van der Waals surface area contributed by atoms with Crippen molar-refractivity contribution < 1.29 is 18.0 Å². The largest absolute Gasteiger partial charge is 0.476 e. The first-order valence-corrected chi connectivity index (χ1v) is 11.3. The molecule has 1 aromatic rings. The number of hydrazine groups is 1. The highest BCUT2D eigenvalue weighted by Gasteiger charge is 2.30. The van der Waals surface area contributed by atoms with E-state index in [-0.39, 0.29) is 27.4 Å². The third-order valence-corrected chi connectivity index (χ3v) is 5.70. The van der Waals surface area contributed by atoms with E-state index in [1.54, 1.807) is 0 Å². The molecule has 10 heteroatoms. The second kappa shape index (κ2) is 9.23. The van der Waals surface area contributed by atoms with Crippen LogP contribution in [0.1, 0.15) is 46.5 Å². The molecule has 160 valence electrons. The molecule has 0 amide bonds. The van der Waals surface area contributed by atoms with Gasteiger partial charge in [-0.3, -0.25) is 4.84 Å². The van der Waals surface area contributed by atoms with Crippen LogP contribution in [0.25, 0.3) is 0 Å². The van der Waals surface area contributed by atoms with Crippen molar-refractivity contribution in [2.75, 3.05) is 20.7 Å². The molecule has 28 heavy (non-hydrogen) atoms. The van der Waals surface area contributed by atoms with Crippen molar-refractivity contribution >= 4 is 21.6 Å². The third kappa shape index (κ3) is 6.53. The van der Waals surface area contributed by atoms with Crippen LogP contribution >= 0.6 is 11.6 Å². The predicted molar refractivity (Wildman–Crippen MR) is 108 cm³/mol. The van der Waals surface area contributed by atoms with Gasteiger partial charge in [-0.05, 0) is 58.4 Å². The van der Waals surface area contributed by atoms with Crippen LogP contribution in [0.5, 0.6) is 5.88 Å². The molecule has 0 saturated heterocycles. The monoisotopic (exact) mass is 434 g/mol. The molecule has 0 aromatic carbocycles. The maximum atomic E-state index is 11.3. The van der Waals surface area contributed by atoms with Gasteiger partial charge in [0.25, 0.3) is 0 Å². The molecule has 0 radical (unpaired) electrons. The molecule has 1 fully saturated rings. The van der Waals surface area contributed by atoms with Crippen LogP contribution in [0.15, 0.2) is 17.2 Å². The molecule has 0 unspecified atom stereocenters. The summed E-state index contributed by atoms with van der Waals surface area (Å²) >= 11 is 6.07. The molecule has 2 N–H and O–H groups in total. The number of nitrogens with zero attached hydrogens (tertiary/aromatic N) is 3. The van der Waals surface area contributed by atoms with Crippen molar-refractivity contribution in [1.29, 1.82) is 0 Å². The summed E-state index contributed by atoms with van der Waals surface area (Å²) in [5, 5.41) is 9.10. The normalized spacial score (nSPS) is 21.3. The highest BCUT2D eigenvalue weighted by Crippen LogP contribution is 2.30. The molecule has 8 nitrogen and oxygen atoms in total. The zero-order chi connectivity index (χ0) is 21.1. The Morgan fingerprint density at radius 2 is 1.86 bits per heavy atom. The van der Waals surface area contributed by atoms with Crippen molar-refractivity contribution in [3.05, 3.63) is 17.3 Å². The van der Waals surface area contributed by atoms with Crippen LogP contribution in [0.4, 0.5) is 0 Å². The van der Waals surface area contributed by atoms with Gasteiger partial charge in [0.1, 0.15) is 9.92 Å². The summed E-state index contributed by atoms with van der Waals surface area (Å²) in [7, 11) is 0.115. The highest BCUT2D eigenvalue weighted by molar-refractivity contribution is 7.89. The summed E-state index contributed by atoms with van der Waals surface area (Å²) in [6, 6.07) is 1.26. The topological polar surface area (TPSA) is 98.0 Å². The third-order valence-electron chi connectivity index (χ3n) is 4.55. The number of ether oxygens (including phenoxy) is 1. The maximum absolute atomic E-state index is 11.3. The summed E-state index contributed by atoms with van der Waals surface area (Å²) < 4.78 is 28.4. The molecule has 1 aliphatic carbocycles. The number of hydrogen-bond donors (Lipinski definition) is 1. The molecule has 1 heterocycles. The molecule has 0 spiro atoms. The second-order valence-electron chi connectivity index (χ2n) is 8.35. The predicted octanol–water partition coefficient (Wildman–Crippen LogP) is 2.83. The molecule has 1 saturated carbocycles. The fourth-order valence-corrected chi connectivity index (χ4v) is 4.03. The van der Waals surface area contributed by atoms with Gasteiger partial charge in [-0.1, -0.05) is 11.6 Å². The van der Waals surface area contributed by atoms with E-state index in [9.17, 15) is 8.42 Å². The summed E-state index contributed by atoms with van der Waals surface area (Å²) in [5.41, 5.74) is -0.116. The van der Waals surface area contributed by atoms with E-state index in [1.807, 2.05) is 24.3 Å². The van der Waals surface area contributed by atoms with Gasteiger partial charge < -0.3 is 4.74 Å². The second-order valence-corrected chi connectivity index (χ2v) is 10.3. The van der Waals surface area contributed by atoms with Gasteiger partial charge in [-0.25, -0.2) is 23.5 Å². The lowest BCUT2D eigenvalue weighted by atomic mass is 9.88. The minimum atomic E-state index is -3.83. The van der Waals surface area contributed by atoms with E-state index < -0.39 is 10.0 Å². The average molecular weight is 435 g/mol. The number of sulfonamides is 1. The van der Waals surface area contributed by atoms with Crippen molar-refractivity contribution in [2.45, 2.75) is 63.0 Å². The SMILES string of the molecule is CN(C)N(OC1CCC(COc2ncc(S(N)(=O)=O)cc2Cl)CC1)C(C)(C)C. The van der Waals surface area contributed by atoms with Crippen LogP contribution in [0, 0.1) is 5.92 Å². The van der Waals surface area contributed by atoms with Crippen molar-refractivity contribution in [2.24, 2.45) is 11.1 Å². The van der Waals surface area contributed by atoms with Gasteiger partial charge in [-0.2, -0.15) is 0 Å². The van der Waals surface area contributed by atoms with Crippen LogP contribution in [0.2, 0.25) is 5.02 Å². The van der Waals surface area contributed by atoms with E-state index in [2.05, 4.69) is 25.8 Å². The van der Waals surface area contributed by atoms with Crippen LogP contribution in [-0.4, -0.2) is 55.9 Å². The summed E-state index contributed by atoms with van der Waals surface area (Å²) in [4.78, 5) is 10.1. The number of rotatable bonds is 7. The summed E-state index contributed by atoms with van der Waals surface area (Å²) in [6.07, 6.45) is 5.17. The fraction of sp³-hybridized carbons (Fsp3) is 0.722. The Hall–Kier alpha value is -0.970. The Kier molecular flexibility index (Phi) is 7.69. The number of aromatic nitrogens is 1. The number of hydrogen-bond acceptors (Lipinski definition) is 7. The standard InChI is InChI=1S/C18H31ClN4O4S/c1-18(2,3)23(22(4)5)27-14-8-6-13(7-9-14)12-26-17-16(19)10-15(11-21-17)28(20,24)25/h10-11,13-14H,6-9,12H2,1-5H3,(H2,20,24,25). The molecule has 0 aliphatic heterocycles. The maximum Gasteiger partial charge on any atom is 0.239 e. The van der Waals surface area contributed by atoms with Gasteiger partial charge in [-0.15, -0.1) is 5.17 Å². The Balaban J connectivity index is 1.85. The Morgan fingerprint density at radius 1 is 1.25 bits per heavy atom. The lowest BCUT2D eigenvalue weighted by Gasteiger charge is -2.42. The molecule has 0 bridgehead atoms. The Morgan fingerprint density at radius 3 is 2.32 bits per heavy atom. The van der Waals surface area contributed by atoms with E-state index >= 15 is 0 Å². The van der Waals surface area contributed by atoms with Gasteiger partial charge in [0.2, 0.25) is 15.9 Å². The zero-order valence-electron chi connectivity index (χ0n) is 17.2. The fourth-order valence-electron chi connectivity index (χ4n) is 3.26. The molecular weight excluding hydrogens is 404 g/mol. The van der Waals surface area contributed by atoms with E-state index in [4.69, 9.17) is 26.3 Å². The Labute approximate surface area is 172 Å². The molecule has 1 aliphatic rings. The zero-order valence-corrected chi connectivity index (χ0v) is 18.8. The van der Waals surface area contributed by atoms with Gasteiger partial charge in [0.05, 0.1) is 24.4 Å². The average Bonchev–Trinajstić information content (AvgIpc) is 2.57. The van der Waals surface area contributed by atoms with E-state index in [1.165, 1.54) is 6.07 Å². The lowest BCUT2D eigenvalue weighted by Crippen LogP contribution is -2.51. The van der Waals surface area contributed by atoms with Gasteiger partial charge in [0.15, 0.2) is 0 Å². The van der Waals surface area contributed by atoms with Crippen LogP contribution in [-0.2, 0) is 14.9 Å². The number of pyridine rings is 1. The first-order chi connectivity index (χ1) is 12.9. The van der Waals surface area contributed by atoms with Crippen molar-refractivity contribution in [3.8, 4) is 5.88 Å². The Bertz CT molecular complexity index is 759. The highest BCUT2D eigenvalue weighted by atomic mass is 35.5. The van der Waals surface area contributed by atoms with Crippen molar-refractivity contribution in [1.82, 2.24) is 15.2 Å². The van der Waals surface area contributed by atoms with Crippen LogP contribution in [0.3, 0.4) is 0 Å². The van der Waals surface area contributed by atoms with Crippen LogP contribution < -0.4 is 9.88 Å². The number of halogens is 1. The number of hydroxylamine groups is 1. The number of primary sulfonamides is 1.